The van der Waals surface area contributed by atoms with Crippen LogP contribution in [0, 0.1) is 6.92 Å². The molecule has 1 aliphatic heterocycles. The van der Waals surface area contributed by atoms with Crippen LogP contribution in [-0.2, 0) is 10.4 Å². The third-order valence-corrected chi connectivity index (χ3v) is 6.37. The van der Waals surface area contributed by atoms with Gasteiger partial charge in [-0.1, -0.05) is 12.1 Å². The maximum atomic E-state index is 13.6. The molecule has 5 nitrogen and oxygen atoms in total. The predicted octanol–water partition coefficient (Wildman–Crippen LogP) is 4.01. The van der Waals surface area contributed by atoms with Gasteiger partial charge < -0.3 is 14.7 Å². The number of halogens is 3. The average molecular weight is 428 g/mol. The highest BCUT2D eigenvalue weighted by Gasteiger charge is 2.58. The Bertz CT molecular complexity index is 863. The molecule has 0 aliphatic carbocycles. The van der Waals surface area contributed by atoms with E-state index in [-0.39, 0.29) is 5.92 Å². The van der Waals surface area contributed by atoms with Crippen molar-refractivity contribution in [3.8, 4) is 5.75 Å². The largest absolute Gasteiger partial charge is 0.497 e. The lowest BCUT2D eigenvalue weighted by atomic mass is 9.88. The Morgan fingerprint density at radius 1 is 1.34 bits per heavy atom. The maximum Gasteiger partial charge on any atom is 0.424 e. The predicted molar refractivity (Wildman–Crippen MR) is 103 cm³/mol. The number of aliphatic hydroxyl groups is 1. The number of hydrogen-bond acceptors (Lipinski definition) is 5. The molecule has 9 heteroatoms. The third kappa shape index (κ3) is 4.56. The third-order valence-electron chi connectivity index (χ3n) is 5.26. The molecule has 0 spiro atoms. The summed E-state index contributed by atoms with van der Waals surface area (Å²) in [4.78, 5) is 17.8. The zero-order valence-corrected chi connectivity index (χ0v) is 17.0. The van der Waals surface area contributed by atoms with Gasteiger partial charge in [-0.25, -0.2) is 4.98 Å². The number of thiazole rings is 1. The summed E-state index contributed by atoms with van der Waals surface area (Å²) in [7, 11) is 1.59. The normalized spacial score (nSPS) is 17.8. The molecule has 158 valence electrons. The van der Waals surface area contributed by atoms with Crippen molar-refractivity contribution in [2.45, 2.75) is 43.9 Å². The summed E-state index contributed by atoms with van der Waals surface area (Å²) in [5, 5.41) is 11.3. The fourth-order valence-electron chi connectivity index (χ4n) is 3.53. The van der Waals surface area contributed by atoms with E-state index in [1.165, 1.54) is 10.3 Å². The second-order valence-electron chi connectivity index (χ2n) is 7.26. The van der Waals surface area contributed by atoms with Gasteiger partial charge in [0.05, 0.1) is 13.5 Å². The molecule has 2 heterocycles. The van der Waals surface area contributed by atoms with Gasteiger partial charge in [-0.3, -0.25) is 4.79 Å². The van der Waals surface area contributed by atoms with Crippen molar-refractivity contribution in [3.05, 3.63) is 45.9 Å². The highest BCUT2D eigenvalue weighted by atomic mass is 32.1. The van der Waals surface area contributed by atoms with E-state index in [2.05, 4.69) is 4.98 Å². The Kier molecular flexibility index (Phi) is 6.19. The van der Waals surface area contributed by atoms with Crippen molar-refractivity contribution in [2.24, 2.45) is 0 Å². The zero-order valence-electron chi connectivity index (χ0n) is 16.2. The van der Waals surface area contributed by atoms with Crippen molar-refractivity contribution >= 4 is 17.2 Å². The molecular formula is C20H23F3N2O3S. The summed E-state index contributed by atoms with van der Waals surface area (Å²) in [6, 6.07) is 7.67. The summed E-state index contributed by atoms with van der Waals surface area (Å²) >= 11 is 0.709. The number of likely N-dealkylation sites (tertiary alicyclic amines) is 1. The highest BCUT2D eigenvalue weighted by Crippen LogP contribution is 2.43. The first-order chi connectivity index (χ1) is 13.6. The molecule has 1 aromatic heterocycles. The van der Waals surface area contributed by atoms with Gasteiger partial charge in [0.1, 0.15) is 10.8 Å². The molecule has 0 bridgehead atoms. The minimum atomic E-state index is -4.99. The van der Waals surface area contributed by atoms with Crippen LogP contribution in [0.5, 0.6) is 5.75 Å². The average Bonchev–Trinajstić information content (AvgIpc) is 3.14. The topological polar surface area (TPSA) is 62.7 Å². The van der Waals surface area contributed by atoms with E-state index < -0.39 is 29.1 Å². The fourth-order valence-corrected chi connectivity index (χ4v) is 4.44. The van der Waals surface area contributed by atoms with Crippen LogP contribution in [0.15, 0.2) is 29.6 Å². The summed E-state index contributed by atoms with van der Waals surface area (Å²) in [6.45, 7) is 2.22. The lowest BCUT2D eigenvalue weighted by Crippen LogP contribution is -2.48. The first-order valence-corrected chi connectivity index (χ1v) is 10.2. The van der Waals surface area contributed by atoms with Gasteiger partial charge in [0.25, 0.3) is 0 Å². The van der Waals surface area contributed by atoms with Crippen LogP contribution in [0.3, 0.4) is 0 Å². The molecule has 0 radical (unpaired) electrons. The lowest BCUT2D eigenvalue weighted by molar-refractivity contribution is -0.268. The van der Waals surface area contributed by atoms with E-state index >= 15 is 0 Å². The number of hydrogen-bond donors (Lipinski definition) is 1. The first kappa shape index (κ1) is 21.6. The number of carbonyl (C=O) groups excluding carboxylic acids is 1. The van der Waals surface area contributed by atoms with E-state index in [4.69, 9.17) is 4.74 Å². The molecule has 1 unspecified atom stereocenters. The number of piperidine rings is 1. The second-order valence-corrected chi connectivity index (χ2v) is 8.12. The van der Waals surface area contributed by atoms with Crippen molar-refractivity contribution in [1.82, 2.24) is 9.88 Å². The molecule has 1 fully saturated rings. The maximum absolute atomic E-state index is 13.6. The Morgan fingerprint density at radius 3 is 2.59 bits per heavy atom. The van der Waals surface area contributed by atoms with Crippen LogP contribution in [0.4, 0.5) is 13.2 Å². The Morgan fingerprint density at radius 2 is 2.03 bits per heavy atom. The molecule has 1 atom stereocenters. The summed E-state index contributed by atoms with van der Waals surface area (Å²) in [6.07, 6.45) is -4.78. The Balaban J connectivity index is 1.68. The molecule has 3 rings (SSSR count). The number of benzene rings is 1. The number of ether oxygens (including phenoxy) is 1. The van der Waals surface area contributed by atoms with E-state index in [0.717, 1.165) is 11.3 Å². The zero-order chi connectivity index (χ0) is 21.2. The molecule has 1 aliphatic rings. The second kappa shape index (κ2) is 8.31. The fraction of sp³-hybridized carbons (Fsp3) is 0.500. The van der Waals surface area contributed by atoms with Crippen molar-refractivity contribution in [3.63, 3.8) is 0 Å². The van der Waals surface area contributed by atoms with Gasteiger partial charge in [-0.15, -0.1) is 11.3 Å². The number of rotatable bonds is 5. The van der Waals surface area contributed by atoms with Gasteiger partial charge in [-0.2, -0.15) is 13.2 Å². The van der Waals surface area contributed by atoms with Crippen LogP contribution >= 0.6 is 11.3 Å². The monoisotopic (exact) mass is 428 g/mol. The van der Waals surface area contributed by atoms with Gasteiger partial charge >= 0.3 is 6.18 Å². The molecule has 0 saturated carbocycles. The van der Waals surface area contributed by atoms with Gasteiger partial charge in [-0.05, 0) is 43.4 Å². The minimum Gasteiger partial charge on any atom is -0.497 e. The molecule has 1 saturated heterocycles. The smallest absolute Gasteiger partial charge is 0.424 e. The quantitative estimate of drug-likeness (QED) is 0.782. The molecule has 1 amide bonds. The van der Waals surface area contributed by atoms with Crippen LogP contribution in [0.1, 0.15) is 41.4 Å². The number of alkyl halides is 3. The van der Waals surface area contributed by atoms with Crippen molar-refractivity contribution in [2.75, 3.05) is 20.2 Å². The van der Waals surface area contributed by atoms with Gasteiger partial charge in [0.2, 0.25) is 11.5 Å². The number of carbonyl (C=O) groups is 1. The summed E-state index contributed by atoms with van der Waals surface area (Å²) in [5.74, 6) is 0.231. The number of amides is 1. The van der Waals surface area contributed by atoms with E-state index in [9.17, 15) is 23.1 Å². The minimum absolute atomic E-state index is 0.206. The molecular weight excluding hydrogens is 405 g/mol. The number of aryl methyl sites for hydroxylation is 1. The standard InChI is InChI=1S/C20H23F3N2O3S/c1-13-12-29-18(24-13)19(27,20(21,22)23)11-17(26)25-8-6-14(7-9-25)15-4-3-5-16(10-15)28-2/h3-5,10,12,14,27H,6-9,11H2,1-2H3. The van der Waals surface area contributed by atoms with E-state index in [1.54, 1.807) is 14.0 Å². The number of methoxy groups -OCH3 is 1. The lowest BCUT2D eigenvalue weighted by Gasteiger charge is -2.35. The van der Waals surface area contributed by atoms with E-state index in [1.807, 2.05) is 24.3 Å². The van der Waals surface area contributed by atoms with Crippen molar-refractivity contribution < 1.29 is 27.8 Å². The number of nitrogens with zero attached hydrogens (tertiary/aromatic N) is 2. The van der Waals surface area contributed by atoms with Crippen LogP contribution < -0.4 is 4.74 Å². The summed E-state index contributed by atoms with van der Waals surface area (Å²) < 4.78 is 46.1. The van der Waals surface area contributed by atoms with Crippen LogP contribution in [-0.4, -0.2) is 47.3 Å². The Hall–Kier alpha value is -2.13. The number of aromatic nitrogens is 1. The van der Waals surface area contributed by atoms with Gasteiger partial charge in [0.15, 0.2) is 0 Å². The van der Waals surface area contributed by atoms with E-state index in [0.29, 0.717) is 43.0 Å². The van der Waals surface area contributed by atoms with Crippen molar-refractivity contribution in [1.29, 1.82) is 0 Å². The summed E-state index contributed by atoms with van der Waals surface area (Å²) in [5.41, 5.74) is -1.81. The molecule has 29 heavy (non-hydrogen) atoms. The molecule has 1 N–H and O–H groups in total. The highest BCUT2D eigenvalue weighted by molar-refractivity contribution is 7.09. The molecule has 1 aromatic carbocycles. The Labute approximate surface area is 171 Å². The first-order valence-electron chi connectivity index (χ1n) is 9.27. The van der Waals surface area contributed by atoms with Crippen LogP contribution in [0.2, 0.25) is 0 Å². The van der Waals surface area contributed by atoms with Crippen LogP contribution in [0.25, 0.3) is 0 Å². The SMILES string of the molecule is COc1cccc(C2CCN(C(=O)CC(O)(c3nc(C)cs3)C(F)(F)F)CC2)c1. The van der Waals surface area contributed by atoms with Gasteiger partial charge in [0, 0.05) is 24.2 Å². The molecule has 2 aromatic rings.